The molecule has 2 aliphatic heterocycles. The number of anilines is 1. The lowest BCUT2D eigenvalue weighted by Gasteiger charge is -2.36. The van der Waals surface area contributed by atoms with Gasteiger partial charge in [0, 0.05) is 31.4 Å². The van der Waals surface area contributed by atoms with E-state index in [0.29, 0.717) is 6.04 Å². The fourth-order valence-corrected chi connectivity index (χ4v) is 4.33. The highest BCUT2D eigenvalue weighted by molar-refractivity contribution is 5.49. The average molecular weight is 381 g/mol. The van der Waals surface area contributed by atoms with E-state index in [2.05, 4.69) is 72.6 Å². The van der Waals surface area contributed by atoms with E-state index in [0.717, 1.165) is 51.3 Å². The summed E-state index contributed by atoms with van der Waals surface area (Å²) in [7, 11) is 0. The fourth-order valence-electron chi connectivity index (χ4n) is 4.33. The van der Waals surface area contributed by atoms with Crippen LogP contribution in [0.5, 0.6) is 5.75 Å². The minimum Gasteiger partial charge on any atom is -0.491 e. The molecule has 1 N–H and O–H groups in total. The van der Waals surface area contributed by atoms with Crippen molar-refractivity contribution in [2.45, 2.75) is 51.4 Å². The summed E-state index contributed by atoms with van der Waals surface area (Å²) >= 11 is 0. The molecule has 1 fully saturated rings. The van der Waals surface area contributed by atoms with Crippen molar-refractivity contribution in [1.29, 1.82) is 0 Å². The number of nitrogens with one attached hydrogen (secondary N) is 1. The first-order valence-corrected chi connectivity index (χ1v) is 10.6. The molecule has 1 saturated heterocycles. The van der Waals surface area contributed by atoms with Gasteiger partial charge < -0.3 is 19.7 Å². The molecule has 4 nitrogen and oxygen atoms in total. The van der Waals surface area contributed by atoms with E-state index in [4.69, 9.17) is 9.47 Å². The van der Waals surface area contributed by atoms with Crippen LogP contribution in [0.25, 0.3) is 0 Å². The van der Waals surface area contributed by atoms with Crippen molar-refractivity contribution < 1.29 is 9.47 Å². The third-order valence-electron chi connectivity index (χ3n) is 5.70. The Morgan fingerprint density at radius 3 is 2.75 bits per heavy atom. The van der Waals surface area contributed by atoms with Crippen molar-refractivity contribution in [3.8, 4) is 5.75 Å². The van der Waals surface area contributed by atoms with Crippen LogP contribution in [-0.4, -0.2) is 38.4 Å². The van der Waals surface area contributed by atoms with E-state index in [1.54, 1.807) is 0 Å². The van der Waals surface area contributed by atoms with Crippen molar-refractivity contribution in [1.82, 2.24) is 5.32 Å². The minimum absolute atomic E-state index is 0.210. The first-order valence-electron chi connectivity index (χ1n) is 10.6. The van der Waals surface area contributed by atoms with Crippen molar-refractivity contribution in [3.63, 3.8) is 0 Å². The van der Waals surface area contributed by atoms with Gasteiger partial charge in [-0.2, -0.15) is 0 Å². The molecule has 4 rings (SSSR count). The number of piperazine rings is 1. The van der Waals surface area contributed by atoms with Crippen molar-refractivity contribution in [2.75, 3.05) is 31.1 Å². The monoisotopic (exact) mass is 380 g/mol. The smallest absolute Gasteiger partial charge is 0.119 e. The molecule has 2 atom stereocenters. The zero-order chi connectivity index (χ0) is 19.3. The molecule has 0 spiro atoms. The molecule has 2 aromatic rings. The van der Waals surface area contributed by atoms with E-state index in [9.17, 15) is 0 Å². The van der Waals surface area contributed by atoms with Gasteiger partial charge in [-0.1, -0.05) is 24.3 Å². The van der Waals surface area contributed by atoms with Gasteiger partial charge in [0.2, 0.25) is 0 Å². The third kappa shape index (κ3) is 4.68. The number of benzene rings is 2. The van der Waals surface area contributed by atoms with Crippen molar-refractivity contribution >= 4 is 5.69 Å². The fraction of sp³-hybridized carbons (Fsp3) is 0.500. The Balaban J connectivity index is 1.33. The van der Waals surface area contributed by atoms with Crippen LogP contribution in [0.3, 0.4) is 0 Å². The first kappa shape index (κ1) is 19.3. The Kier molecular flexibility index (Phi) is 6.18. The van der Waals surface area contributed by atoms with Gasteiger partial charge in [0.15, 0.2) is 0 Å². The molecule has 0 saturated carbocycles. The van der Waals surface area contributed by atoms with E-state index >= 15 is 0 Å². The molecule has 0 aromatic heterocycles. The average Bonchev–Trinajstić information content (AvgIpc) is 2.72. The SMILES string of the molecule is CC(C)Oc1ccc(N2CCNC(CCC3OCCc4ccccc43)C2)cc1. The van der Waals surface area contributed by atoms with Gasteiger partial charge in [0.05, 0.1) is 18.8 Å². The van der Waals surface area contributed by atoms with Crippen LogP contribution in [0.1, 0.15) is 43.9 Å². The second-order valence-corrected chi connectivity index (χ2v) is 8.14. The summed E-state index contributed by atoms with van der Waals surface area (Å²) in [6, 6.07) is 17.8. The van der Waals surface area contributed by atoms with Crippen LogP contribution >= 0.6 is 0 Å². The highest BCUT2D eigenvalue weighted by atomic mass is 16.5. The number of fused-ring (bicyclic) bond motifs is 1. The summed E-state index contributed by atoms with van der Waals surface area (Å²) in [5.74, 6) is 0.943. The number of ether oxygens (including phenoxy) is 2. The Morgan fingerprint density at radius 2 is 1.93 bits per heavy atom. The zero-order valence-corrected chi connectivity index (χ0v) is 17.1. The highest BCUT2D eigenvalue weighted by Gasteiger charge is 2.24. The topological polar surface area (TPSA) is 33.7 Å². The van der Waals surface area contributed by atoms with E-state index < -0.39 is 0 Å². The van der Waals surface area contributed by atoms with Gasteiger partial charge >= 0.3 is 0 Å². The third-order valence-corrected chi connectivity index (χ3v) is 5.70. The first-order chi connectivity index (χ1) is 13.7. The predicted octanol–water partition coefficient (Wildman–Crippen LogP) is 4.35. The molecule has 2 aliphatic rings. The maximum Gasteiger partial charge on any atom is 0.119 e. The maximum absolute atomic E-state index is 6.10. The van der Waals surface area contributed by atoms with E-state index in [1.165, 1.54) is 16.8 Å². The predicted molar refractivity (Wildman–Crippen MR) is 114 cm³/mol. The van der Waals surface area contributed by atoms with Crippen molar-refractivity contribution in [3.05, 3.63) is 59.7 Å². The summed E-state index contributed by atoms with van der Waals surface area (Å²) in [5.41, 5.74) is 4.13. The van der Waals surface area contributed by atoms with Crippen LogP contribution in [0.2, 0.25) is 0 Å². The van der Waals surface area contributed by atoms with Gasteiger partial charge in [-0.05, 0) is 68.5 Å². The lowest BCUT2D eigenvalue weighted by Crippen LogP contribution is -2.50. The van der Waals surface area contributed by atoms with Crippen LogP contribution < -0.4 is 15.0 Å². The molecule has 4 heteroatoms. The molecule has 2 aromatic carbocycles. The normalized spacial score (nSPS) is 22.2. The van der Waals surface area contributed by atoms with Gasteiger partial charge in [0.1, 0.15) is 5.75 Å². The molecule has 28 heavy (non-hydrogen) atoms. The molecule has 150 valence electrons. The van der Waals surface area contributed by atoms with Crippen molar-refractivity contribution in [2.24, 2.45) is 0 Å². The van der Waals surface area contributed by atoms with Crippen LogP contribution in [0, 0.1) is 0 Å². The van der Waals surface area contributed by atoms with Gasteiger partial charge in [-0.3, -0.25) is 0 Å². The Hall–Kier alpha value is -2.04. The Labute approximate surface area is 168 Å². The molecule has 0 bridgehead atoms. The highest BCUT2D eigenvalue weighted by Crippen LogP contribution is 2.31. The van der Waals surface area contributed by atoms with Crippen LogP contribution in [0.4, 0.5) is 5.69 Å². The molecule has 2 heterocycles. The number of nitrogens with zero attached hydrogens (tertiary/aromatic N) is 1. The molecule has 0 radical (unpaired) electrons. The maximum atomic E-state index is 6.10. The lowest BCUT2D eigenvalue weighted by molar-refractivity contribution is 0.0333. The lowest BCUT2D eigenvalue weighted by atomic mass is 9.93. The Bertz CT molecular complexity index is 759. The van der Waals surface area contributed by atoms with Gasteiger partial charge in [-0.15, -0.1) is 0 Å². The molecule has 0 amide bonds. The summed E-state index contributed by atoms with van der Waals surface area (Å²) in [6.45, 7) is 8.07. The summed E-state index contributed by atoms with van der Waals surface area (Å²) < 4.78 is 11.9. The summed E-state index contributed by atoms with van der Waals surface area (Å²) in [4.78, 5) is 2.48. The van der Waals surface area contributed by atoms with E-state index in [1.807, 2.05) is 0 Å². The quantitative estimate of drug-likeness (QED) is 0.808. The zero-order valence-electron chi connectivity index (χ0n) is 17.1. The van der Waals surface area contributed by atoms with Gasteiger partial charge in [0.25, 0.3) is 0 Å². The van der Waals surface area contributed by atoms with Gasteiger partial charge in [-0.25, -0.2) is 0 Å². The van der Waals surface area contributed by atoms with E-state index in [-0.39, 0.29) is 12.2 Å². The number of hydrogen-bond acceptors (Lipinski definition) is 4. The summed E-state index contributed by atoms with van der Waals surface area (Å²) in [6.07, 6.45) is 3.70. The molecule has 2 unspecified atom stereocenters. The standard InChI is InChI=1S/C24H32N2O2/c1-18(2)28-22-10-8-21(9-11-22)26-15-14-25-20(17-26)7-12-24-23-6-4-3-5-19(23)13-16-27-24/h3-6,8-11,18,20,24-25H,7,12-17H2,1-2H3. The molecular formula is C24H32N2O2. The molecular weight excluding hydrogens is 348 g/mol. The largest absolute Gasteiger partial charge is 0.491 e. The van der Waals surface area contributed by atoms with Crippen LogP contribution in [-0.2, 0) is 11.2 Å². The Morgan fingerprint density at radius 1 is 1.11 bits per heavy atom. The number of hydrogen-bond donors (Lipinski definition) is 1. The summed E-state index contributed by atoms with van der Waals surface area (Å²) in [5, 5.41) is 3.70. The minimum atomic E-state index is 0.210. The number of rotatable bonds is 6. The second kappa shape index (κ2) is 8.97. The second-order valence-electron chi connectivity index (χ2n) is 8.14. The van der Waals surface area contributed by atoms with Crippen LogP contribution in [0.15, 0.2) is 48.5 Å². The molecule has 0 aliphatic carbocycles.